The van der Waals surface area contributed by atoms with E-state index in [4.69, 9.17) is 38.4 Å². The first kappa shape index (κ1) is 15.7. The average Bonchev–Trinajstić information content (AvgIpc) is 2.93. The molecular weight excluding hydrogens is 351 g/mol. The maximum absolute atomic E-state index is 10.0. The monoisotopic (exact) mass is 362 g/mol. The lowest BCUT2D eigenvalue weighted by atomic mass is 9.94. The van der Waals surface area contributed by atoms with E-state index >= 15 is 0 Å². The highest BCUT2D eigenvalue weighted by Gasteiger charge is 2.94. The molecule has 2 heterocycles. The number of benzene rings is 1. The maximum atomic E-state index is 10.0. The molecule has 6 nitrogen and oxygen atoms in total. The summed E-state index contributed by atoms with van der Waals surface area (Å²) in [6.45, 7) is 2.07. The van der Waals surface area contributed by atoms with Crippen molar-refractivity contribution in [3.8, 4) is 12.1 Å². The number of aliphatic imine (C=N–C) groups is 1. The second kappa shape index (κ2) is 4.62. The molecule has 0 amide bonds. The fourth-order valence-electron chi connectivity index (χ4n) is 4.07. The van der Waals surface area contributed by atoms with Crippen LogP contribution < -0.4 is 5.73 Å². The van der Waals surface area contributed by atoms with Crippen LogP contribution in [0.4, 0.5) is 0 Å². The van der Waals surface area contributed by atoms with Crippen molar-refractivity contribution in [1.29, 1.82) is 10.5 Å². The normalized spacial score (nSPS) is 42.3. The average molecular weight is 363 g/mol. The molecule has 1 saturated heterocycles. The highest BCUT2D eigenvalue weighted by molar-refractivity contribution is 6.42. The van der Waals surface area contributed by atoms with E-state index in [0.717, 1.165) is 0 Å². The number of halogens is 2. The van der Waals surface area contributed by atoms with E-state index in [1.165, 1.54) is 0 Å². The van der Waals surface area contributed by atoms with Gasteiger partial charge in [0.1, 0.15) is 11.3 Å². The Kier molecular flexibility index (Phi) is 3.02. The van der Waals surface area contributed by atoms with E-state index in [1.807, 2.05) is 6.92 Å². The summed E-state index contributed by atoms with van der Waals surface area (Å²) in [4.78, 5) is 4.24. The van der Waals surface area contributed by atoms with Gasteiger partial charge in [-0.1, -0.05) is 35.3 Å². The van der Waals surface area contributed by atoms with E-state index in [0.29, 0.717) is 10.6 Å². The smallest absolute Gasteiger partial charge is 0.293 e. The van der Waals surface area contributed by atoms with Gasteiger partial charge in [-0.15, -0.1) is 0 Å². The highest BCUT2D eigenvalue weighted by atomic mass is 35.5. The summed E-state index contributed by atoms with van der Waals surface area (Å²) in [5, 5.41) is 20.5. The molecule has 5 atom stereocenters. The molecule has 24 heavy (non-hydrogen) atoms. The zero-order chi connectivity index (χ0) is 17.3. The number of nitriles is 2. The van der Waals surface area contributed by atoms with Crippen LogP contribution >= 0.6 is 23.2 Å². The van der Waals surface area contributed by atoms with Gasteiger partial charge in [0.05, 0.1) is 34.9 Å². The Morgan fingerprint density at radius 2 is 2.08 bits per heavy atom. The molecule has 1 saturated carbocycles. The first-order chi connectivity index (χ1) is 11.4. The molecule has 0 aromatic heterocycles. The first-order valence-corrected chi connectivity index (χ1v) is 8.10. The van der Waals surface area contributed by atoms with Crippen LogP contribution in [0.2, 0.25) is 10.0 Å². The fourth-order valence-corrected chi connectivity index (χ4v) is 4.49. The molecule has 1 aliphatic carbocycles. The number of ether oxygens (including phenoxy) is 2. The van der Waals surface area contributed by atoms with Crippen molar-refractivity contribution in [2.24, 2.45) is 21.6 Å². The maximum Gasteiger partial charge on any atom is 0.293 e. The summed E-state index contributed by atoms with van der Waals surface area (Å²) in [6.07, 6.45) is -0.266. The summed E-state index contributed by atoms with van der Waals surface area (Å²) >= 11 is 12.4. The van der Waals surface area contributed by atoms with E-state index < -0.39 is 22.7 Å². The van der Waals surface area contributed by atoms with Gasteiger partial charge in [-0.25, -0.2) is 4.99 Å². The van der Waals surface area contributed by atoms with Crippen molar-refractivity contribution >= 4 is 29.0 Å². The van der Waals surface area contributed by atoms with Gasteiger partial charge in [0.2, 0.25) is 0 Å². The number of nitrogens with two attached hydrogens (primary N) is 1. The largest absolute Gasteiger partial charge is 0.386 e. The van der Waals surface area contributed by atoms with Crippen molar-refractivity contribution < 1.29 is 9.47 Å². The molecule has 122 valence electrons. The summed E-state index contributed by atoms with van der Waals surface area (Å²) in [5.41, 5.74) is 3.91. The second-order valence-electron chi connectivity index (χ2n) is 6.23. The number of fused-ring (bicyclic) bond motifs is 2. The van der Waals surface area contributed by atoms with Gasteiger partial charge in [0, 0.05) is 5.92 Å². The molecule has 8 heteroatoms. The molecule has 1 spiro atoms. The van der Waals surface area contributed by atoms with E-state index in [2.05, 4.69) is 17.1 Å². The third-order valence-electron chi connectivity index (χ3n) is 5.09. The minimum atomic E-state index is -1.59. The van der Waals surface area contributed by atoms with Crippen LogP contribution in [0.5, 0.6) is 0 Å². The zero-order valence-electron chi connectivity index (χ0n) is 12.6. The van der Waals surface area contributed by atoms with Crippen molar-refractivity contribution in [2.45, 2.75) is 24.9 Å². The van der Waals surface area contributed by atoms with Gasteiger partial charge < -0.3 is 15.2 Å². The van der Waals surface area contributed by atoms with E-state index in [9.17, 15) is 10.5 Å². The van der Waals surface area contributed by atoms with Gasteiger partial charge in [-0.05, 0) is 18.6 Å². The van der Waals surface area contributed by atoms with Crippen LogP contribution in [-0.2, 0) is 9.47 Å². The number of hydrogen-bond donors (Lipinski definition) is 1. The van der Waals surface area contributed by atoms with Gasteiger partial charge >= 0.3 is 0 Å². The van der Waals surface area contributed by atoms with E-state index in [-0.39, 0.29) is 23.6 Å². The minimum Gasteiger partial charge on any atom is -0.386 e. The van der Waals surface area contributed by atoms with E-state index in [1.54, 1.807) is 18.2 Å². The van der Waals surface area contributed by atoms with Gasteiger partial charge in [0.15, 0.2) is 5.41 Å². The van der Waals surface area contributed by atoms with Crippen molar-refractivity contribution in [1.82, 2.24) is 0 Å². The summed E-state index contributed by atoms with van der Waals surface area (Å²) in [7, 11) is 0. The Balaban J connectivity index is 1.96. The van der Waals surface area contributed by atoms with Crippen LogP contribution in [-0.4, -0.2) is 24.5 Å². The predicted molar refractivity (Wildman–Crippen MR) is 86.1 cm³/mol. The van der Waals surface area contributed by atoms with Crippen LogP contribution in [0.3, 0.4) is 0 Å². The third-order valence-corrected chi connectivity index (χ3v) is 5.93. The Hall–Kier alpha value is -1.83. The molecule has 0 bridgehead atoms. The topological polar surface area (TPSA) is 104 Å². The summed E-state index contributed by atoms with van der Waals surface area (Å²) in [6, 6.07) is 9.48. The lowest BCUT2D eigenvalue weighted by Crippen LogP contribution is -2.39. The van der Waals surface area contributed by atoms with Crippen LogP contribution in [0.1, 0.15) is 18.4 Å². The molecule has 1 aromatic rings. The Labute approximate surface area is 148 Å². The number of rotatable bonds is 1. The Morgan fingerprint density at radius 3 is 2.67 bits per heavy atom. The lowest BCUT2D eigenvalue weighted by Gasteiger charge is -2.26. The fraction of sp³-hybridized carbons (Fsp3) is 0.438. The minimum absolute atomic E-state index is 0.0293. The zero-order valence-corrected chi connectivity index (χ0v) is 14.1. The summed E-state index contributed by atoms with van der Waals surface area (Å²) < 4.78 is 11.6. The van der Waals surface area contributed by atoms with Crippen molar-refractivity contribution in [3.05, 3.63) is 33.8 Å². The highest BCUT2D eigenvalue weighted by Crippen LogP contribution is 2.83. The predicted octanol–water partition coefficient (Wildman–Crippen LogP) is 2.57. The molecule has 0 radical (unpaired) electrons. The van der Waals surface area contributed by atoms with Gasteiger partial charge in [0.25, 0.3) is 5.91 Å². The number of amidine groups is 1. The van der Waals surface area contributed by atoms with Crippen LogP contribution in [0.15, 0.2) is 23.2 Å². The second-order valence-corrected chi connectivity index (χ2v) is 7.02. The number of hydrogen-bond acceptors (Lipinski definition) is 6. The molecule has 0 unspecified atom stereocenters. The Morgan fingerprint density at radius 1 is 1.33 bits per heavy atom. The lowest BCUT2D eigenvalue weighted by molar-refractivity contribution is -0.193. The van der Waals surface area contributed by atoms with Crippen LogP contribution in [0, 0.1) is 33.5 Å². The van der Waals surface area contributed by atoms with Crippen LogP contribution in [0.25, 0.3) is 0 Å². The molecule has 2 N–H and O–H groups in total. The number of nitrogens with zero attached hydrogens (tertiary/aromatic N) is 3. The Bertz CT molecular complexity index is 876. The third kappa shape index (κ3) is 1.42. The van der Waals surface area contributed by atoms with Crippen molar-refractivity contribution in [2.75, 3.05) is 6.61 Å². The SMILES string of the molecule is C[C@H]1CO[C@]2(N=C(N)[C@@]3(C#N)[C@@H](c4cccc(Cl)c4Cl)[C@@]23C#N)O1. The van der Waals surface area contributed by atoms with Crippen molar-refractivity contribution in [3.63, 3.8) is 0 Å². The first-order valence-electron chi connectivity index (χ1n) is 7.34. The standard InChI is InChI=1S/C16H12Cl2N4O2/c1-8-5-23-16(24-8)15(7-20)12(14(15,6-19)13(21)22-16)9-3-2-4-10(17)11(9)18/h2-4,8,12H,5H2,1H3,(H2,21,22)/t8-,12+,14+,15+,16-/m0/s1. The molecule has 2 fully saturated rings. The quantitative estimate of drug-likeness (QED) is 0.826. The molecule has 2 aliphatic heterocycles. The van der Waals surface area contributed by atoms with Gasteiger partial charge in [-0.2, -0.15) is 10.5 Å². The molecule has 4 rings (SSSR count). The molecule has 3 aliphatic rings. The van der Waals surface area contributed by atoms with Gasteiger partial charge in [-0.3, -0.25) is 0 Å². The summed E-state index contributed by atoms with van der Waals surface area (Å²) in [5.74, 6) is -2.19. The molecular formula is C16H12Cl2N4O2. The molecule has 1 aromatic carbocycles.